The molecule has 2 atom stereocenters. The van der Waals surface area contributed by atoms with Crippen LogP contribution in [-0.4, -0.2) is 36.4 Å². The minimum Gasteiger partial charge on any atom is -0.494 e. The molecule has 0 radical (unpaired) electrons. The summed E-state index contributed by atoms with van der Waals surface area (Å²) in [6, 6.07) is 6.73. The predicted molar refractivity (Wildman–Crippen MR) is 75.3 cm³/mol. The van der Waals surface area contributed by atoms with Crippen LogP contribution < -0.4 is 10.1 Å². The van der Waals surface area contributed by atoms with Gasteiger partial charge < -0.3 is 9.64 Å². The zero-order valence-electron chi connectivity index (χ0n) is 12.2. The molecule has 1 aliphatic rings. The molecule has 0 spiro atoms. The van der Waals surface area contributed by atoms with Gasteiger partial charge in [0.05, 0.1) is 19.2 Å². The molecular formula is C15H20F2N2O2. The number of carbonyl (C=O) groups is 1. The highest BCUT2D eigenvalue weighted by Crippen LogP contribution is 2.27. The summed E-state index contributed by atoms with van der Waals surface area (Å²) in [5, 5.41) is 3.04. The second kappa shape index (κ2) is 6.85. The highest BCUT2D eigenvalue weighted by molar-refractivity contribution is 5.84. The van der Waals surface area contributed by atoms with E-state index in [9.17, 15) is 13.6 Å². The molecule has 2 unspecified atom stereocenters. The molecule has 1 N–H and O–H groups in total. The summed E-state index contributed by atoms with van der Waals surface area (Å²) in [4.78, 5) is 13.1. The van der Waals surface area contributed by atoms with Gasteiger partial charge in [-0.2, -0.15) is 0 Å². The molecule has 0 saturated carbocycles. The van der Waals surface area contributed by atoms with Gasteiger partial charge in [0.25, 0.3) is 6.43 Å². The molecular weight excluding hydrogens is 278 g/mol. The van der Waals surface area contributed by atoms with E-state index >= 15 is 0 Å². The van der Waals surface area contributed by atoms with Gasteiger partial charge in [-0.1, -0.05) is 19.1 Å². The van der Waals surface area contributed by atoms with E-state index in [0.29, 0.717) is 6.61 Å². The highest BCUT2D eigenvalue weighted by atomic mass is 19.3. The number of hydrogen-bond acceptors (Lipinski definition) is 3. The minimum atomic E-state index is -2.55. The summed E-state index contributed by atoms with van der Waals surface area (Å²) in [7, 11) is 0. The van der Waals surface area contributed by atoms with Gasteiger partial charge in [0.2, 0.25) is 5.91 Å². The molecule has 1 aromatic rings. The Bertz CT molecular complexity index is 479. The Balaban J connectivity index is 2.13. The zero-order valence-corrected chi connectivity index (χ0v) is 12.2. The van der Waals surface area contributed by atoms with E-state index in [1.54, 1.807) is 31.2 Å². The van der Waals surface area contributed by atoms with Crippen LogP contribution in [0.15, 0.2) is 24.3 Å². The van der Waals surface area contributed by atoms with Crippen LogP contribution in [-0.2, 0) is 4.79 Å². The lowest BCUT2D eigenvalue weighted by molar-refractivity contribution is -0.131. The number of benzene rings is 1. The molecule has 4 nitrogen and oxygen atoms in total. The van der Waals surface area contributed by atoms with Crippen molar-refractivity contribution >= 4 is 5.91 Å². The SMILES string of the molecule is CCCOc1ccc(C2NC(C)C(=O)N2CC(F)F)cc1. The van der Waals surface area contributed by atoms with Crippen molar-refractivity contribution in [2.45, 2.75) is 38.9 Å². The molecule has 116 valence electrons. The van der Waals surface area contributed by atoms with Gasteiger partial charge in [-0.15, -0.1) is 0 Å². The smallest absolute Gasteiger partial charge is 0.255 e. The van der Waals surface area contributed by atoms with E-state index in [1.807, 2.05) is 6.92 Å². The van der Waals surface area contributed by atoms with E-state index in [4.69, 9.17) is 4.74 Å². The Morgan fingerprint density at radius 1 is 1.33 bits per heavy atom. The molecule has 1 amide bonds. The van der Waals surface area contributed by atoms with Crippen LogP contribution in [0.5, 0.6) is 5.75 Å². The fourth-order valence-corrected chi connectivity index (χ4v) is 2.36. The summed E-state index contributed by atoms with van der Waals surface area (Å²) in [5.74, 6) is 0.435. The molecule has 1 aliphatic heterocycles. The Morgan fingerprint density at radius 3 is 2.57 bits per heavy atom. The predicted octanol–water partition coefficient (Wildman–Crippen LogP) is 2.56. The number of hydrogen-bond donors (Lipinski definition) is 1. The first-order valence-corrected chi connectivity index (χ1v) is 7.10. The maximum absolute atomic E-state index is 12.6. The monoisotopic (exact) mass is 298 g/mol. The molecule has 6 heteroatoms. The van der Waals surface area contributed by atoms with Gasteiger partial charge in [-0.3, -0.25) is 10.1 Å². The van der Waals surface area contributed by atoms with Crippen LogP contribution in [0, 0.1) is 0 Å². The van der Waals surface area contributed by atoms with E-state index in [-0.39, 0.29) is 5.91 Å². The maximum Gasteiger partial charge on any atom is 0.255 e. The van der Waals surface area contributed by atoms with Crippen LogP contribution in [0.3, 0.4) is 0 Å². The Kier molecular flexibility index (Phi) is 5.12. The molecule has 1 aromatic carbocycles. The lowest BCUT2D eigenvalue weighted by atomic mass is 10.1. The van der Waals surface area contributed by atoms with Crippen LogP contribution in [0.1, 0.15) is 32.0 Å². The molecule has 1 saturated heterocycles. The molecule has 21 heavy (non-hydrogen) atoms. The third kappa shape index (κ3) is 3.69. The van der Waals surface area contributed by atoms with E-state index in [1.165, 1.54) is 4.90 Å². The molecule has 1 fully saturated rings. The summed E-state index contributed by atoms with van der Waals surface area (Å²) >= 11 is 0. The largest absolute Gasteiger partial charge is 0.494 e. The number of amides is 1. The molecule has 0 aliphatic carbocycles. The zero-order chi connectivity index (χ0) is 15.4. The summed E-state index contributed by atoms with van der Waals surface area (Å²) in [6.45, 7) is 3.77. The van der Waals surface area contributed by atoms with E-state index in [2.05, 4.69) is 5.32 Å². The lowest BCUT2D eigenvalue weighted by Crippen LogP contribution is -2.34. The fourth-order valence-electron chi connectivity index (χ4n) is 2.36. The van der Waals surface area contributed by atoms with Crippen molar-refractivity contribution in [3.63, 3.8) is 0 Å². The number of rotatable bonds is 6. The summed E-state index contributed by atoms with van der Waals surface area (Å²) in [6.07, 6.45) is -2.14. The van der Waals surface area contributed by atoms with Crippen molar-refractivity contribution in [2.24, 2.45) is 0 Å². The van der Waals surface area contributed by atoms with E-state index < -0.39 is 25.2 Å². The Labute approximate surface area is 123 Å². The molecule has 0 aromatic heterocycles. The average Bonchev–Trinajstić information content (AvgIpc) is 2.73. The number of nitrogens with one attached hydrogen (secondary N) is 1. The quantitative estimate of drug-likeness (QED) is 0.877. The van der Waals surface area contributed by atoms with Gasteiger partial charge in [0.1, 0.15) is 11.9 Å². The second-order valence-electron chi connectivity index (χ2n) is 5.09. The first-order chi connectivity index (χ1) is 10.0. The topological polar surface area (TPSA) is 41.6 Å². The molecule has 0 bridgehead atoms. The summed E-state index contributed by atoms with van der Waals surface area (Å²) in [5.41, 5.74) is 0.775. The van der Waals surface area contributed by atoms with Crippen molar-refractivity contribution in [3.05, 3.63) is 29.8 Å². The van der Waals surface area contributed by atoms with Gasteiger partial charge >= 0.3 is 0 Å². The van der Waals surface area contributed by atoms with Crippen LogP contribution in [0.2, 0.25) is 0 Å². The number of ether oxygens (including phenoxy) is 1. The van der Waals surface area contributed by atoms with Crippen molar-refractivity contribution < 1.29 is 18.3 Å². The van der Waals surface area contributed by atoms with E-state index in [0.717, 1.165) is 17.7 Å². The molecule has 1 heterocycles. The maximum atomic E-state index is 12.6. The van der Waals surface area contributed by atoms with Crippen molar-refractivity contribution in [3.8, 4) is 5.75 Å². The van der Waals surface area contributed by atoms with Crippen molar-refractivity contribution in [1.82, 2.24) is 10.2 Å². The Hall–Kier alpha value is -1.69. The van der Waals surface area contributed by atoms with Crippen LogP contribution >= 0.6 is 0 Å². The second-order valence-corrected chi connectivity index (χ2v) is 5.09. The standard InChI is InChI=1S/C15H20F2N2O2/c1-3-8-21-12-6-4-11(5-7-12)14-18-10(2)15(20)19(14)9-13(16)17/h4-7,10,13-14,18H,3,8-9H2,1-2H3. The minimum absolute atomic E-state index is 0.299. The van der Waals surface area contributed by atoms with Crippen LogP contribution in [0.4, 0.5) is 8.78 Å². The molecule has 2 rings (SSSR count). The third-order valence-corrected chi connectivity index (χ3v) is 3.38. The van der Waals surface area contributed by atoms with Gasteiger partial charge in [0.15, 0.2) is 0 Å². The normalized spacial score (nSPS) is 22.1. The lowest BCUT2D eigenvalue weighted by Gasteiger charge is -2.24. The van der Waals surface area contributed by atoms with Gasteiger partial charge in [0, 0.05) is 0 Å². The van der Waals surface area contributed by atoms with Crippen molar-refractivity contribution in [1.29, 1.82) is 0 Å². The highest BCUT2D eigenvalue weighted by Gasteiger charge is 2.38. The first-order valence-electron chi connectivity index (χ1n) is 7.10. The van der Waals surface area contributed by atoms with Crippen LogP contribution in [0.25, 0.3) is 0 Å². The average molecular weight is 298 g/mol. The van der Waals surface area contributed by atoms with Gasteiger partial charge in [-0.25, -0.2) is 8.78 Å². The summed E-state index contributed by atoms with van der Waals surface area (Å²) < 4.78 is 30.8. The number of nitrogens with zero attached hydrogens (tertiary/aromatic N) is 1. The fraction of sp³-hybridized carbons (Fsp3) is 0.533. The van der Waals surface area contributed by atoms with Gasteiger partial charge in [-0.05, 0) is 31.0 Å². The van der Waals surface area contributed by atoms with Crippen molar-refractivity contribution in [2.75, 3.05) is 13.2 Å². The number of halogens is 2. The Morgan fingerprint density at radius 2 is 2.00 bits per heavy atom. The first kappa shape index (κ1) is 15.7. The third-order valence-electron chi connectivity index (χ3n) is 3.38. The number of carbonyl (C=O) groups excluding carboxylic acids is 1. The number of alkyl halides is 2.